The second kappa shape index (κ2) is 7.18. The first-order valence-corrected chi connectivity index (χ1v) is 8.66. The van der Waals surface area contributed by atoms with E-state index in [4.69, 9.17) is 11.6 Å². The Balaban J connectivity index is 2.23. The molecule has 0 aromatic carbocycles. The van der Waals surface area contributed by atoms with Crippen LogP contribution in [0.4, 0.5) is 0 Å². The maximum atomic E-state index is 5.99. The second-order valence-electron chi connectivity index (χ2n) is 4.04. The number of likely N-dealkylation sites (N-methyl/N-ethyl adjacent to an activating group) is 1. The standard InChI is InChI=1S/C13H13Br2ClN2S/c1-2-17-11(6-9-3-4-12(16)19-9)13-10(15)5-8(14)7-18-13/h3-5,7,11,17H,2,6H2,1H3. The van der Waals surface area contributed by atoms with Crippen LogP contribution in [0.15, 0.2) is 33.3 Å². The first kappa shape index (κ1) is 15.4. The summed E-state index contributed by atoms with van der Waals surface area (Å²) in [6.45, 7) is 3.00. The number of rotatable bonds is 5. The molecule has 0 radical (unpaired) electrons. The number of nitrogens with one attached hydrogen (secondary N) is 1. The van der Waals surface area contributed by atoms with Gasteiger partial charge in [0.1, 0.15) is 0 Å². The van der Waals surface area contributed by atoms with Crippen LogP contribution >= 0.6 is 54.8 Å². The number of aromatic nitrogens is 1. The number of thiophene rings is 1. The van der Waals surface area contributed by atoms with Crippen LogP contribution in [0, 0.1) is 0 Å². The van der Waals surface area contributed by atoms with Gasteiger partial charge >= 0.3 is 0 Å². The quantitative estimate of drug-likeness (QED) is 0.712. The van der Waals surface area contributed by atoms with Crippen molar-refractivity contribution in [2.24, 2.45) is 0 Å². The normalized spacial score (nSPS) is 12.6. The van der Waals surface area contributed by atoms with Crippen LogP contribution in [0.3, 0.4) is 0 Å². The third-order valence-corrected chi connectivity index (χ3v) is 4.97. The van der Waals surface area contributed by atoms with Crippen LogP contribution in [0.5, 0.6) is 0 Å². The molecule has 0 saturated carbocycles. The fourth-order valence-corrected chi connectivity index (χ4v) is 4.25. The molecule has 19 heavy (non-hydrogen) atoms. The highest BCUT2D eigenvalue weighted by Gasteiger charge is 2.17. The summed E-state index contributed by atoms with van der Waals surface area (Å²) in [7, 11) is 0. The molecule has 1 N–H and O–H groups in total. The van der Waals surface area contributed by atoms with Crippen molar-refractivity contribution < 1.29 is 0 Å². The lowest BCUT2D eigenvalue weighted by Gasteiger charge is -2.18. The summed E-state index contributed by atoms with van der Waals surface area (Å²) >= 11 is 14.6. The lowest BCUT2D eigenvalue weighted by atomic mass is 10.1. The first-order valence-electron chi connectivity index (χ1n) is 5.88. The smallest absolute Gasteiger partial charge is 0.0931 e. The summed E-state index contributed by atoms with van der Waals surface area (Å²) in [5.74, 6) is 0. The molecule has 1 unspecified atom stereocenters. The minimum absolute atomic E-state index is 0.183. The fourth-order valence-electron chi connectivity index (χ4n) is 1.86. The van der Waals surface area contributed by atoms with Gasteiger partial charge < -0.3 is 5.32 Å². The Labute approximate surface area is 138 Å². The fraction of sp³-hybridized carbons (Fsp3) is 0.308. The average molecular weight is 425 g/mol. The van der Waals surface area contributed by atoms with Gasteiger partial charge in [-0.1, -0.05) is 18.5 Å². The molecule has 1 atom stereocenters. The Morgan fingerprint density at radius 3 is 2.79 bits per heavy atom. The lowest BCUT2D eigenvalue weighted by molar-refractivity contribution is 0.537. The predicted octanol–water partition coefficient (Wildman–Crippen LogP) is 5.21. The van der Waals surface area contributed by atoms with Crippen molar-refractivity contribution in [2.75, 3.05) is 6.54 Å². The first-order chi connectivity index (χ1) is 9.10. The van der Waals surface area contributed by atoms with E-state index in [9.17, 15) is 0 Å². The molecular weight excluding hydrogens is 411 g/mol. The van der Waals surface area contributed by atoms with Gasteiger partial charge in [0, 0.05) is 26.4 Å². The molecule has 2 aromatic rings. The molecule has 0 fully saturated rings. The summed E-state index contributed by atoms with van der Waals surface area (Å²) in [5.41, 5.74) is 1.02. The van der Waals surface area contributed by atoms with Crippen LogP contribution in [-0.2, 0) is 6.42 Å². The third kappa shape index (κ3) is 4.26. The van der Waals surface area contributed by atoms with Gasteiger partial charge in [0.2, 0.25) is 0 Å². The lowest BCUT2D eigenvalue weighted by Crippen LogP contribution is -2.24. The van der Waals surface area contributed by atoms with Crippen molar-refractivity contribution in [3.05, 3.63) is 48.2 Å². The van der Waals surface area contributed by atoms with Gasteiger partial charge in [0.15, 0.2) is 0 Å². The predicted molar refractivity (Wildman–Crippen MR) is 89.1 cm³/mol. The summed E-state index contributed by atoms with van der Waals surface area (Å²) < 4.78 is 2.81. The van der Waals surface area contributed by atoms with Crippen LogP contribution in [0.1, 0.15) is 23.5 Å². The van der Waals surface area contributed by atoms with E-state index in [-0.39, 0.29) is 6.04 Å². The summed E-state index contributed by atoms with van der Waals surface area (Å²) in [6.07, 6.45) is 2.71. The van der Waals surface area contributed by atoms with Crippen LogP contribution in [0.25, 0.3) is 0 Å². The number of nitrogens with zero attached hydrogens (tertiary/aromatic N) is 1. The Kier molecular flexibility index (Phi) is 5.84. The van der Waals surface area contributed by atoms with E-state index in [0.29, 0.717) is 0 Å². The Hall–Kier alpha value is 0.0600. The van der Waals surface area contributed by atoms with Gasteiger partial charge in [-0.15, -0.1) is 11.3 Å². The van der Waals surface area contributed by atoms with Gasteiger partial charge in [-0.3, -0.25) is 4.98 Å². The summed E-state index contributed by atoms with van der Waals surface area (Å²) in [4.78, 5) is 5.77. The van der Waals surface area contributed by atoms with E-state index < -0.39 is 0 Å². The van der Waals surface area contributed by atoms with E-state index in [2.05, 4.69) is 55.2 Å². The zero-order valence-electron chi connectivity index (χ0n) is 10.3. The van der Waals surface area contributed by atoms with Gasteiger partial charge in [0.25, 0.3) is 0 Å². The molecule has 0 amide bonds. The third-order valence-electron chi connectivity index (χ3n) is 2.65. The molecule has 0 aliphatic rings. The minimum atomic E-state index is 0.183. The maximum Gasteiger partial charge on any atom is 0.0931 e. The Bertz CT molecular complexity index is 559. The highest BCUT2D eigenvalue weighted by atomic mass is 79.9. The summed E-state index contributed by atoms with van der Waals surface area (Å²) in [6, 6.07) is 6.22. The van der Waals surface area contributed by atoms with E-state index in [1.54, 1.807) is 11.3 Å². The van der Waals surface area contributed by atoms with E-state index in [1.807, 2.05) is 18.3 Å². The molecule has 0 aliphatic heterocycles. The highest BCUT2D eigenvalue weighted by molar-refractivity contribution is 9.11. The average Bonchev–Trinajstić information content (AvgIpc) is 2.74. The van der Waals surface area contributed by atoms with Crippen molar-refractivity contribution in [3.8, 4) is 0 Å². The van der Waals surface area contributed by atoms with Crippen LogP contribution in [-0.4, -0.2) is 11.5 Å². The van der Waals surface area contributed by atoms with Crippen molar-refractivity contribution in [3.63, 3.8) is 0 Å². The number of pyridine rings is 1. The molecule has 2 rings (SSSR count). The summed E-state index contributed by atoms with van der Waals surface area (Å²) in [5, 5.41) is 3.47. The number of halogens is 3. The largest absolute Gasteiger partial charge is 0.309 e. The number of hydrogen-bond donors (Lipinski definition) is 1. The van der Waals surface area contributed by atoms with E-state index in [0.717, 1.165) is 31.9 Å². The van der Waals surface area contributed by atoms with Gasteiger partial charge in [-0.2, -0.15) is 0 Å². The molecule has 102 valence electrons. The zero-order valence-corrected chi connectivity index (χ0v) is 15.0. The molecule has 6 heteroatoms. The van der Waals surface area contributed by atoms with Crippen molar-refractivity contribution >= 4 is 54.8 Å². The van der Waals surface area contributed by atoms with Crippen molar-refractivity contribution in [2.45, 2.75) is 19.4 Å². The molecule has 0 saturated heterocycles. The van der Waals surface area contributed by atoms with Gasteiger partial charge in [-0.25, -0.2) is 0 Å². The SMILES string of the molecule is CCNC(Cc1ccc(Cl)s1)c1ncc(Br)cc1Br. The zero-order chi connectivity index (χ0) is 13.8. The van der Waals surface area contributed by atoms with E-state index in [1.165, 1.54) is 4.88 Å². The highest BCUT2D eigenvalue weighted by Crippen LogP contribution is 2.30. The molecule has 2 aromatic heterocycles. The Morgan fingerprint density at radius 1 is 1.42 bits per heavy atom. The van der Waals surface area contributed by atoms with Gasteiger partial charge in [-0.05, 0) is 56.6 Å². The minimum Gasteiger partial charge on any atom is -0.309 e. The maximum absolute atomic E-state index is 5.99. The molecule has 0 aliphatic carbocycles. The molecule has 0 bridgehead atoms. The molecule has 2 nitrogen and oxygen atoms in total. The van der Waals surface area contributed by atoms with Crippen molar-refractivity contribution in [1.82, 2.24) is 10.3 Å². The van der Waals surface area contributed by atoms with Gasteiger partial charge in [0.05, 0.1) is 16.1 Å². The number of hydrogen-bond acceptors (Lipinski definition) is 3. The Morgan fingerprint density at radius 2 is 2.21 bits per heavy atom. The van der Waals surface area contributed by atoms with E-state index >= 15 is 0 Å². The van der Waals surface area contributed by atoms with Crippen molar-refractivity contribution in [1.29, 1.82) is 0 Å². The van der Waals surface area contributed by atoms with Crippen LogP contribution < -0.4 is 5.32 Å². The molecular formula is C13H13Br2ClN2S. The van der Waals surface area contributed by atoms with Crippen LogP contribution in [0.2, 0.25) is 4.34 Å². The second-order valence-corrected chi connectivity index (χ2v) is 7.61. The molecule has 2 heterocycles. The monoisotopic (exact) mass is 422 g/mol. The molecule has 0 spiro atoms. The topological polar surface area (TPSA) is 24.9 Å².